The first-order valence-corrected chi connectivity index (χ1v) is 5.88. The van der Waals surface area contributed by atoms with Gasteiger partial charge >= 0.3 is 5.97 Å². The SMILES string of the molecule is CC(=O)OC1=C[C@@H]2[C@H](CC1)[C@H]1OCCO[C@H]21. The lowest BCUT2D eigenvalue weighted by Gasteiger charge is -2.54. The summed E-state index contributed by atoms with van der Waals surface area (Å²) in [4.78, 5) is 10.9. The first-order chi connectivity index (χ1) is 7.75. The minimum Gasteiger partial charge on any atom is -0.432 e. The average molecular weight is 224 g/mol. The minimum absolute atomic E-state index is 0.185. The van der Waals surface area contributed by atoms with Gasteiger partial charge in [0.15, 0.2) is 0 Å². The van der Waals surface area contributed by atoms with E-state index in [-0.39, 0.29) is 18.2 Å². The van der Waals surface area contributed by atoms with Crippen molar-refractivity contribution in [1.82, 2.24) is 0 Å². The molecule has 0 bridgehead atoms. The van der Waals surface area contributed by atoms with Crippen molar-refractivity contribution < 1.29 is 19.0 Å². The molecular weight excluding hydrogens is 208 g/mol. The van der Waals surface area contributed by atoms with E-state index in [2.05, 4.69) is 6.08 Å². The third kappa shape index (κ3) is 1.57. The molecule has 0 radical (unpaired) electrons. The summed E-state index contributed by atoms with van der Waals surface area (Å²) in [7, 11) is 0. The molecule has 0 aromatic carbocycles. The smallest absolute Gasteiger partial charge is 0.307 e. The third-order valence-corrected chi connectivity index (χ3v) is 3.70. The Morgan fingerprint density at radius 3 is 2.88 bits per heavy atom. The number of hydrogen-bond acceptors (Lipinski definition) is 4. The highest BCUT2D eigenvalue weighted by Crippen LogP contribution is 2.48. The largest absolute Gasteiger partial charge is 0.432 e. The number of carbonyl (C=O) groups is 1. The van der Waals surface area contributed by atoms with Gasteiger partial charge in [-0.15, -0.1) is 0 Å². The van der Waals surface area contributed by atoms with Gasteiger partial charge in [0.2, 0.25) is 0 Å². The minimum atomic E-state index is -0.235. The Bertz CT molecular complexity index is 336. The Morgan fingerprint density at radius 1 is 1.38 bits per heavy atom. The van der Waals surface area contributed by atoms with E-state index < -0.39 is 0 Å². The molecule has 4 heteroatoms. The van der Waals surface area contributed by atoms with Crippen molar-refractivity contribution in [3.63, 3.8) is 0 Å². The van der Waals surface area contributed by atoms with Crippen LogP contribution in [0.15, 0.2) is 11.8 Å². The van der Waals surface area contributed by atoms with Crippen LogP contribution in [0.1, 0.15) is 19.8 Å². The van der Waals surface area contributed by atoms with Crippen LogP contribution >= 0.6 is 0 Å². The van der Waals surface area contributed by atoms with Crippen LogP contribution in [-0.4, -0.2) is 31.4 Å². The molecule has 3 rings (SSSR count). The number of esters is 1. The molecule has 1 aliphatic heterocycles. The lowest BCUT2D eigenvalue weighted by Crippen LogP contribution is -2.61. The Hall–Kier alpha value is -0.870. The number of hydrogen-bond donors (Lipinski definition) is 0. The molecule has 4 atom stereocenters. The monoisotopic (exact) mass is 224 g/mol. The van der Waals surface area contributed by atoms with Gasteiger partial charge in [0.05, 0.1) is 25.4 Å². The van der Waals surface area contributed by atoms with Crippen LogP contribution in [0.3, 0.4) is 0 Å². The van der Waals surface area contributed by atoms with E-state index in [4.69, 9.17) is 14.2 Å². The van der Waals surface area contributed by atoms with Gasteiger partial charge in [0.1, 0.15) is 5.76 Å². The zero-order valence-corrected chi connectivity index (χ0v) is 9.35. The van der Waals surface area contributed by atoms with Gasteiger partial charge in [-0.05, 0) is 18.4 Å². The van der Waals surface area contributed by atoms with E-state index in [1.54, 1.807) is 0 Å². The van der Waals surface area contributed by atoms with Crippen LogP contribution in [0, 0.1) is 11.8 Å². The van der Waals surface area contributed by atoms with Crippen LogP contribution in [0.2, 0.25) is 0 Å². The van der Waals surface area contributed by atoms with Crippen molar-refractivity contribution in [3.8, 4) is 0 Å². The van der Waals surface area contributed by atoms with Gasteiger partial charge in [-0.1, -0.05) is 0 Å². The molecule has 3 aliphatic rings. The Labute approximate surface area is 94.5 Å². The molecule has 4 nitrogen and oxygen atoms in total. The normalized spacial score (nSPS) is 41.2. The second kappa shape index (κ2) is 3.86. The molecular formula is C12H16O4. The van der Waals surface area contributed by atoms with E-state index in [0.717, 1.165) is 18.6 Å². The summed E-state index contributed by atoms with van der Waals surface area (Å²) in [5, 5.41) is 0. The van der Waals surface area contributed by atoms with Crippen molar-refractivity contribution in [2.24, 2.45) is 11.8 Å². The zero-order chi connectivity index (χ0) is 11.1. The quantitative estimate of drug-likeness (QED) is 0.629. The molecule has 0 N–H and O–H groups in total. The van der Waals surface area contributed by atoms with Crippen LogP contribution in [0.4, 0.5) is 0 Å². The van der Waals surface area contributed by atoms with Crippen LogP contribution in [0.25, 0.3) is 0 Å². The predicted molar refractivity (Wildman–Crippen MR) is 55.5 cm³/mol. The first-order valence-electron chi connectivity index (χ1n) is 5.88. The maximum absolute atomic E-state index is 10.9. The molecule has 1 saturated carbocycles. The number of allylic oxidation sites excluding steroid dienone is 1. The van der Waals surface area contributed by atoms with E-state index in [1.807, 2.05) is 0 Å². The fourth-order valence-corrected chi connectivity index (χ4v) is 3.02. The fraction of sp³-hybridized carbons (Fsp3) is 0.750. The van der Waals surface area contributed by atoms with Crippen molar-refractivity contribution in [1.29, 1.82) is 0 Å². The molecule has 0 aromatic rings. The highest BCUT2D eigenvalue weighted by molar-refractivity contribution is 5.67. The van der Waals surface area contributed by atoms with Crippen molar-refractivity contribution in [2.75, 3.05) is 13.2 Å². The van der Waals surface area contributed by atoms with E-state index >= 15 is 0 Å². The van der Waals surface area contributed by atoms with Gasteiger partial charge in [0.25, 0.3) is 0 Å². The number of ether oxygens (including phenoxy) is 3. The molecule has 16 heavy (non-hydrogen) atoms. The summed E-state index contributed by atoms with van der Waals surface area (Å²) >= 11 is 0. The van der Waals surface area contributed by atoms with Gasteiger partial charge in [-0.3, -0.25) is 4.79 Å². The van der Waals surface area contributed by atoms with Gasteiger partial charge in [-0.2, -0.15) is 0 Å². The summed E-state index contributed by atoms with van der Waals surface area (Å²) in [5.74, 6) is 1.51. The lowest BCUT2D eigenvalue weighted by atomic mass is 9.63. The lowest BCUT2D eigenvalue weighted by molar-refractivity contribution is -0.242. The zero-order valence-electron chi connectivity index (χ0n) is 9.35. The molecule has 0 amide bonds. The van der Waals surface area contributed by atoms with Gasteiger partial charge in [0, 0.05) is 19.3 Å². The fourth-order valence-electron chi connectivity index (χ4n) is 3.02. The van der Waals surface area contributed by atoms with Crippen LogP contribution in [0.5, 0.6) is 0 Å². The maximum Gasteiger partial charge on any atom is 0.307 e. The summed E-state index contributed by atoms with van der Waals surface area (Å²) in [6.07, 6.45) is 4.39. The second-order valence-electron chi connectivity index (χ2n) is 4.68. The van der Waals surface area contributed by atoms with E-state index in [9.17, 15) is 4.79 Å². The molecule has 0 spiro atoms. The summed E-state index contributed by atoms with van der Waals surface area (Å²) in [6, 6.07) is 0. The summed E-state index contributed by atoms with van der Waals surface area (Å²) in [6.45, 7) is 2.84. The topological polar surface area (TPSA) is 44.8 Å². The van der Waals surface area contributed by atoms with E-state index in [1.165, 1.54) is 6.92 Å². The number of fused-ring (bicyclic) bond motifs is 4. The molecule has 88 valence electrons. The van der Waals surface area contributed by atoms with Gasteiger partial charge in [-0.25, -0.2) is 0 Å². The Balaban J connectivity index is 1.71. The molecule has 0 unspecified atom stereocenters. The third-order valence-electron chi connectivity index (χ3n) is 3.70. The second-order valence-corrected chi connectivity index (χ2v) is 4.68. The van der Waals surface area contributed by atoms with Crippen molar-refractivity contribution >= 4 is 5.97 Å². The molecule has 1 heterocycles. The Morgan fingerprint density at radius 2 is 2.12 bits per heavy atom. The van der Waals surface area contributed by atoms with Crippen molar-refractivity contribution in [3.05, 3.63) is 11.8 Å². The van der Waals surface area contributed by atoms with E-state index in [0.29, 0.717) is 25.0 Å². The highest BCUT2D eigenvalue weighted by Gasteiger charge is 2.53. The van der Waals surface area contributed by atoms with Gasteiger partial charge < -0.3 is 14.2 Å². The highest BCUT2D eigenvalue weighted by atomic mass is 16.6. The summed E-state index contributed by atoms with van der Waals surface area (Å²) < 4.78 is 16.5. The van der Waals surface area contributed by atoms with Crippen LogP contribution < -0.4 is 0 Å². The molecule has 1 saturated heterocycles. The maximum atomic E-state index is 10.9. The molecule has 2 fully saturated rings. The standard InChI is InChI=1S/C12H16O4/c1-7(13)16-8-2-3-9-10(6-8)12-11(9)14-4-5-15-12/h6,9-12H,2-5H2,1H3/t9-,10+,11+,12+/m0/s1. The summed E-state index contributed by atoms with van der Waals surface area (Å²) in [5.41, 5.74) is 0. The first kappa shape index (κ1) is 10.3. The predicted octanol–water partition coefficient (Wildman–Crippen LogP) is 1.26. The average Bonchev–Trinajstić information content (AvgIpc) is 2.26. The van der Waals surface area contributed by atoms with Crippen molar-refractivity contribution in [2.45, 2.75) is 32.0 Å². The molecule has 2 aliphatic carbocycles. The Kier molecular flexibility index (Phi) is 2.48. The van der Waals surface area contributed by atoms with Crippen LogP contribution in [-0.2, 0) is 19.0 Å². The number of rotatable bonds is 1. The molecule has 0 aromatic heterocycles. The number of carbonyl (C=O) groups excluding carboxylic acids is 1.